The summed E-state index contributed by atoms with van der Waals surface area (Å²) in [6.07, 6.45) is 1.72. The highest BCUT2D eigenvalue weighted by molar-refractivity contribution is 8.76. The largest absolute Gasteiger partial charge is 0.457 e. The molecule has 4 N–H and O–H groups in total. The van der Waals surface area contributed by atoms with Gasteiger partial charge in [0.05, 0.1) is 25.0 Å². The lowest BCUT2D eigenvalue weighted by Gasteiger charge is -2.29. The molecule has 2 rings (SSSR count). The summed E-state index contributed by atoms with van der Waals surface area (Å²) in [5.41, 5.74) is 0. The number of rotatable bonds is 1. The molecule has 11 heteroatoms. The molecule has 3 unspecified atom stereocenters. The first-order chi connectivity index (χ1) is 14.7. The van der Waals surface area contributed by atoms with Crippen LogP contribution in [0.25, 0.3) is 0 Å². The smallest absolute Gasteiger partial charge is 0.309 e. The highest BCUT2D eigenvalue weighted by Crippen LogP contribution is 2.24. The number of ether oxygens (including phenoxy) is 1. The summed E-state index contributed by atoms with van der Waals surface area (Å²) in [5, 5.41) is 18.7. The molecule has 2 bridgehead atoms. The lowest BCUT2D eigenvalue weighted by atomic mass is 9.96. The topological polar surface area (TPSA) is 134 Å². The fourth-order valence-corrected chi connectivity index (χ4v) is 5.36. The van der Waals surface area contributed by atoms with Gasteiger partial charge in [0.2, 0.25) is 17.7 Å². The van der Waals surface area contributed by atoms with Gasteiger partial charge in [0.15, 0.2) is 0 Å². The number of nitrogens with one attached hydrogen (secondary N) is 3. The normalized spacial score (nSPS) is 32.1. The van der Waals surface area contributed by atoms with Crippen LogP contribution >= 0.6 is 21.6 Å². The van der Waals surface area contributed by atoms with Gasteiger partial charge in [-0.3, -0.25) is 19.2 Å². The first-order valence-electron chi connectivity index (χ1n) is 10.4. The number of carbonyl (C=O) groups excluding carboxylic acids is 4. The van der Waals surface area contributed by atoms with Crippen molar-refractivity contribution in [2.24, 2.45) is 5.92 Å². The van der Waals surface area contributed by atoms with E-state index in [2.05, 4.69) is 16.0 Å². The maximum Gasteiger partial charge on any atom is 0.309 e. The molecule has 5 atom stereocenters. The van der Waals surface area contributed by atoms with Crippen molar-refractivity contribution in [1.82, 2.24) is 16.0 Å². The average molecular weight is 474 g/mol. The molecule has 2 heterocycles. The van der Waals surface area contributed by atoms with Crippen LogP contribution in [0.1, 0.15) is 40.0 Å². The van der Waals surface area contributed by atoms with Crippen LogP contribution in [0.2, 0.25) is 0 Å². The molecule has 0 aromatic carbocycles. The summed E-state index contributed by atoms with van der Waals surface area (Å²) in [7, 11) is 3.02. The van der Waals surface area contributed by atoms with Crippen LogP contribution in [-0.2, 0) is 23.9 Å². The van der Waals surface area contributed by atoms with E-state index < -0.39 is 54.0 Å². The summed E-state index contributed by atoms with van der Waals surface area (Å²) >= 11 is 0. The van der Waals surface area contributed by atoms with E-state index >= 15 is 0 Å². The molecule has 174 valence electrons. The molecule has 0 saturated carbocycles. The fraction of sp³-hybridized carbons (Fsp3) is 0.700. The predicted molar refractivity (Wildman–Crippen MR) is 120 cm³/mol. The summed E-state index contributed by atoms with van der Waals surface area (Å²) < 4.78 is 5.43. The van der Waals surface area contributed by atoms with Crippen LogP contribution in [0, 0.1) is 5.92 Å². The number of carbonyl (C=O) groups is 4. The Hall–Kier alpha value is -1.72. The highest BCUT2D eigenvalue weighted by atomic mass is 33.1. The van der Waals surface area contributed by atoms with E-state index in [1.165, 1.54) is 17.7 Å². The van der Waals surface area contributed by atoms with Crippen molar-refractivity contribution >= 4 is 45.3 Å². The van der Waals surface area contributed by atoms with Crippen molar-refractivity contribution < 1.29 is 29.0 Å². The Kier molecular flexibility index (Phi) is 10.2. The average Bonchev–Trinajstić information content (AvgIpc) is 2.68. The van der Waals surface area contributed by atoms with Crippen LogP contribution in [0.15, 0.2) is 12.2 Å². The van der Waals surface area contributed by atoms with Crippen molar-refractivity contribution in [3.05, 3.63) is 12.2 Å². The number of hydrogen-bond donors (Lipinski definition) is 4. The van der Waals surface area contributed by atoms with Gasteiger partial charge >= 0.3 is 5.97 Å². The molecule has 9 nitrogen and oxygen atoms in total. The molecule has 3 amide bonds. The minimum Gasteiger partial charge on any atom is -0.457 e. The van der Waals surface area contributed by atoms with E-state index in [0.717, 1.165) is 5.75 Å². The van der Waals surface area contributed by atoms with Crippen molar-refractivity contribution in [3.8, 4) is 0 Å². The summed E-state index contributed by atoms with van der Waals surface area (Å²) in [6.45, 7) is 5.17. The molecule has 2 aliphatic heterocycles. The van der Waals surface area contributed by atoms with Crippen molar-refractivity contribution in [3.63, 3.8) is 0 Å². The summed E-state index contributed by atoms with van der Waals surface area (Å²) in [4.78, 5) is 50.4. The molecular weight excluding hydrogens is 442 g/mol. The van der Waals surface area contributed by atoms with E-state index in [1.807, 2.05) is 19.9 Å². The molecular formula is C20H31N3O6S2. The lowest BCUT2D eigenvalue weighted by molar-refractivity contribution is -0.151. The van der Waals surface area contributed by atoms with E-state index in [0.29, 0.717) is 12.2 Å². The van der Waals surface area contributed by atoms with Crippen molar-refractivity contribution in [2.45, 2.75) is 70.4 Å². The molecule has 0 aromatic heterocycles. The van der Waals surface area contributed by atoms with Crippen LogP contribution < -0.4 is 16.0 Å². The highest BCUT2D eigenvalue weighted by Gasteiger charge is 2.32. The van der Waals surface area contributed by atoms with Gasteiger partial charge in [-0.05, 0) is 25.3 Å². The number of amides is 3. The molecule has 2 aliphatic rings. The molecule has 1 fully saturated rings. The van der Waals surface area contributed by atoms with E-state index in [1.54, 1.807) is 16.9 Å². The van der Waals surface area contributed by atoms with E-state index in [-0.39, 0.29) is 18.8 Å². The zero-order chi connectivity index (χ0) is 23.0. The minimum absolute atomic E-state index is 0.147. The van der Waals surface area contributed by atoms with Crippen molar-refractivity contribution in [1.29, 1.82) is 0 Å². The van der Waals surface area contributed by atoms with Gasteiger partial charge in [-0.15, -0.1) is 0 Å². The van der Waals surface area contributed by atoms with Gasteiger partial charge in [-0.2, -0.15) is 0 Å². The second kappa shape index (κ2) is 12.4. The fourth-order valence-electron chi connectivity index (χ4n) is 3.20. The lowest BCUT2D eigenvalue weighted by Crippen LogP contribution is -2.57. The molecule has 0 aromatic rings. The first-order valence-corrected chi connectivity index (χ1v) is 12.8. The Bertz CT molecular complexity index is 702. The van der Waals surface area contributed by atoms with E-state index in [9.17, 15) is 24.3 Å². The molecule has 0 spiro atoms. The summed E-state index contributed by atoms with van der Waals surface area (Å²) in [5.74, 6) is -1.17. The number of hydrogen-bond acceptors (Lipinski definition) is 8. The van der Waals surface area contributed by atoms with Crippen LogP contribution in [0.4, 0.5) is 0 Å². The van der Waals surface area contributed by atoms with Gasteiger partial charge in [0.25, 0.3) is 0 Å². The van der Waals surface area contributed by atoms with Crippen LogP contribution in [-0.4, -0.2) is 70.6 Å². The number of aliphatic hydroxyl groups excluding tert-OH is 1. The number of fused-ring (bicyclic) bond motifs is 7. The Morgan fingerprint density at radius 2 is 1.81 bits per heavy atom. The first kappa shape index (κ1) is 25.5. The van der Waals surface area contributed by atoms with Gasteiger partial charge in [0.1, 0.15) is 18.2 Å². The Balaban J connectivity index is 2.41. The third-order valence-electron chi connectivity index (χ3n) is 4.93. The SMILES string of the molecule is CC1NC(=O)C[C@H]2C=CCCSSCC(NC1=O)C(=O)NC(C(C)C)[C@@H](O)CC(=O)O2. The standard InChI is InChI=1S/C20H31N3O6S2/c1-11(2)18-15(24)9-17(26)29-13-6-4-5-7-30-31-10-14(20(28)23-18)22-19(27)12(3)21-16(25)8-13/h4,6,11-15,18,24H,5,7-10H2,1-3H3,(H,21,25)(H,22,27)(H,23,28)/t12?,13-,14?,15+,18?/m1/s1. The second-order valence-corrected chi connectivity index (χ2v) is 10.6. The van der Waals surface area contributed by atoms with Gasteiger partial charge in [-0.1, -0.05) is 41.5 Å². The van der Waals surface area contributed by atoms with Crippen molar-refractivity contribution in [2.75, 3.05) is 11.5 Å². The predicted octanol–water partition coefficient (Wildman–Crippen LogP) is 0.525. The Morgan fingerprint density at radius 1 is 1.06 bits per heavy atom. The molecule has 0 aliphatic carbocycles. The third kappa shape index (κ3) is 8.38. The monoisotopic (exact) mass is 473 g/mol. The summed E-state index contributed by atoms with van der Waals surface area (Å²) in [6, 6.07) is -2.44. The van der Waals surface area contributed by atoms with E-state index in [4.69, 9.17) is 4.74 Å². The van der Waals surface area contributed by atoms with Crippen LogP contribution in [0.3, 0.4) is 0 Å². The molecule has 1 saturated heterocycles. The maximum atomic E-state index is 13.0. The Morgan fingerprint density at radius 3 is 2.52 bits per heavy atom. The van der Waals surface area contributed by atoms with Gasteiger partial charge in [-0.25, -0.2) is 0 Å². The van der Waals surface area contributed by atoms with Gasteiger partial charge < -0.3 is 25.8 Å². The number of allylic oxidation sites excluding steroid dienone is 1. The van der Waals surface area contributed by atoms with Crippen LogP contribution in [0.5, 0.6) is 0 Å². The number of aliphatic hydroxyl groups is 1. The molecule has 31 heavy (non-hydrogen) atoms. The molecule has 0 radical (unpaired) electrons. The zero-order valence-corrected chi connectivity index (χ0v) is 19.6. The quantitative estimate of drug-likeness (QED) is 0.246. The second-order valence-electron chi connectivity index (χ2n) is 7.96. The van der Waals surface area contributed by atoms with Gasteiger partial charge in [0, 0.05) is 11.5 Å². The Labute approximate surface area is 190 Å². The zero-order valence-electron chi connectivity index (χ0n) is 18.0. The number of esters is 1. The third-order valence-corrected chi connectivity index (χ3v) is 7.37. The maximum absolute atomic E-state index is 13.0. The minimum atomic E-state index is -1.18.